The van der Waals surface area contributed by atoms with Crippen LogP contribution in [0.2, 0.25) is 5.02 Å². The van der Waals surface area contributed by atoms with E-state index in [1.165, 1.54) is 42.0 Å². The highest BCUT2D eigenvalue weighted by atomic mass is 35.5. The molecule has 0 amide bonds. The predicted molar refractivity (Wildman–Crippen MR) is 85.4 cm³/mol. The molecular formula is C15H21ClN2S. The lowest BCUT2D eigenvalue weighted by Gasteiger charge is -2.28. The standard InChI is InChI=1S/C15H21ClN2S/c1-18(14-6-7-19-10-14)15-5-2-12(16)8-11(15)9-17-13-3-4-13/h2,5,8,13-14,17H,3-4,6-7,9-10H2,1H3. The summed E-state index contributed by atoms with van der Waals surface area (Å²) in [5, 5.41) is 4.43. The number of rotatable bonds is 5. The van der Waals surface area contributed by atoms with Gasteiger partial charge in [0.15, 0.2) is 0 Å². The Labute approximate surface area is 124 Å². The average molecular weight is 297 g/mol. The minimum atomic E-state index is 0.672. The van der Waals surface area contributed by atoms with Crippen molar-refractivity contribution >= 4 is 29.1 Å². The third-order valence-corrected chi connectivity index (χ3v) is 5.41. The number of nitrogens with zero attached hydrogens (tertiary/aromatic N) is 1. The van der Waals surface area contributed by atoms with E-state index in [0.29, 0.717) is 6.04 Å². The van der Waals surface area contributed by atoms with E-state index in [-0.39, 0.29) is 0 Å². The molecule has 0 aromatic heterocycles. The zero-order chi connectivity index (χ0) is 13.2. The van der Waals surface area contributed by atoms with Gasteiger partial charge in [-0.3, -0.25) is 0 Å². The number of halogens is 1. The van der Waals surface area contributed by atoms with Crippen LogP contribution in [0, 0.1) is 0 Å². The molecule has 104 valence electrons. The Hall–Kier alpha value is -0.380. The summed E-state index contributed by atoms with van der Waals surface area (Å²) in [6, 6.07) is 7.71. The second-order valence-electron chi connectivity index (χ2n) is 5.56. The van der Waals surface area contributed by atoms with Gasteiger partial charge in [0, 0.05) is 42.1 Å². The molecule has 0 spiro atoms. The van der Waals surface area contributed by atoms with Crippen molar-refractivity contribution in [1.82, 2.24) is 5.32 Å². The van der Waals surface area contributed by atoms with E-state index >= 15 is 0 Å². The van der Waals surface area contributed by atoms with Crippen molar-refractivity contribution in [2.45, 2.75) is 37.9 Å². The van der Waals surface area contributed by atoms with Crippen LogP contribution in [0.4, 0.5) is 5.69 Å². The number of benzene rings is 1. The van der Waals surface area contributed by atoms with Crippen LogP contribution >= 0.6 is 23.4 Å². The van der Waals surface area contributed by atoms with Gasteiger partial charge in [0.25, 0.3) is 0 Å². The van der Waals surface area contributed by atoms with Crippen LogP contribution in [0.3, 0.4) is 0 Å². The monoisotopic (exact) mass is 296 g/mol. The van der Waals surface area contributed by atoms with Gasteiger partial charge in [0.2, 0.25) is 0 Å². The number of hydrogen-bond donors (Lipinski definition) is 1. The highest BCUT2D eigenvalue weighted by Crippen LogP contribution is 2.30. The molecule has 0 radical (unpaired) electrons. The van der Waals surface area contributed by atoms with Crippen LogP contribution in [0.25, 0.3) is 0 Å². The normalized spacial score (nSPS) is 22.7. The molecule has 1 aromatic rings. The molecule has 3 rings (SSSR count). The highest BCUT2D eigenvalue weighted by molar-refractivity contribution is 7.99. The largest absolute Gasteiger partial charge is 0.370 e. The van der Waals surface area contributed by atoms with Crippen LogP contribution < -0.4 is 10.2 Å². The van der Waals surface area contributed by atoms with Crippen molar-refractivity contribution in [2.75, 3.05) is 23.5 Å². The average Bonchev–Trinajstić information content (AvgIpc) is 3.07. The third kappa shape index (κ3) is 3.39. The number of anilines is 1. The van der Waals surface area contributed by atoms with E-state index in [2.05, 4.69) is 41.2 Å². The Bertz CT molecular complexity index is 442. The molecule has 2 nitrogen and oxygen atoms in total. The maximum absolute atomic E-state index is 6.16. The van der Waals surface area contributed by atoms with Crippen LogP contribution in [0.15, 0.2) is 18.2 Å². The van der Waals surface area contributed by atoms with E-state index < -0.39 is 0 Å². The van der Waals surface area contributed by atoms with Gasteiger partial charge in [-0.1, -0.05) is 11.6 Å². The molecule has 1 saturated carbocycles. The molecule has 1 aliphatic carbocycles. The van der Waals surface area contributed by atoms with E-state index in [9.17, 15) is 0 Å². The lowest BCUT2D eigenvalue weighted by atomic mass is 10.1. The maximum atomic E-state index is 6.16. The Balaban J connectivity index is 1.76. The first kappa shape index (κ1) is 13.6. The fourth-order valence-corrected chi connectivity index (χ4v) is 4.07. The summed E-state index contributed by atoms with van der Waals surface area (Å²) in [5.41, 5.74) is 2.67. The van der Waals surface area contributed by atoms with Crippen molar-refractivity contribution in [1.29, 1.82) is 0 Å². The Morgan fingerprint density at radius 1 is 1.37 bits per heavy atom. The van der Waals surface area contributed by atoms with Crippen molar-refractivity contribution in [3.8, 4) is 0 Å². The lowest BCUT2D eigenvalue weighted by molar-refractivity contribution is 0.669. The molecule has 1 saturated heterocycles. The molecule has 4 heteroatoms. The van der Waals surface area contributed by atoms with Gasteiger partial charge in [0.05, 0.1) is 0 Å². The van der Waals surface area contributed by atoms with Crippen LogP contribution in [-0.4, -0.2) is 30.6 Å². The quantitative estimate of drug-likeness (QED) is 0.895. The Morgan fingerprint density at radius 3 is 2.89 bits per heavy atom. The van der Waals surface area contributed by atoms with E-state index in [4.69, 9.17) is 11.6 Å². The first-order valence-corrected chi connectivity index (χ1v) is 8.59. The number of hydrogen-bond acceptors (Lipinski definition) is 3. The molecule has 2 aliphatic rings. The van der Waals surface area contributed by atoms with Crippen molar-refractivity contribution in [3.63, 3.8) is 0 Å². The number of nitrogens with one attached hydrogen (secondary N) is 1. The molecule has 19 heavy (non-hydrogen) atoms. The van der Waals surface area contributed by atoms with Crippen LogP contribution in [0.5, 0.6) is 0 Å². The zero-order valence-electron chi connectivity index (χ0n) is 11.4. The fraction of sp³-hybridized carbons (Fsp3) is 0.600. The smallest absolute Gasteiger partial charge is 0.0413 e. The molecule has 0 bridgehead atoms. The molecule has 1 aliphatic heterocycles. The molecule has 2 fully saturated rings. The minimum absolute atomic E-state index is 0.672. The van der Waals surface area contributed by atoms with Crippen molar-refractivity contribution in [2.24, 2.45) is 0 Å². The van der Waals surface area contributed by atoms with Gasteiger partial charge in [-0.05, 0) is 48.8 Å². The van der Waals surface area contributed by atoms with Gasteiger partial charge in [-0.25, -0.2) is 0 Å². The second kappa shape index (κ2) is 5.94. The zero-order valence-corrected chi connectivity index (χ0v) is 12.9. The van der Waals surface area contributed by atoms with Crippen LogP contribution in [0.1, 0.15) is 24.8 Å². The third-order valence-electron chi connectivity index (χ3n) is 4.03. The summed E-state index contributed by atoms with van der Waals surface area (Å²) in [6.45, 7) is 0.935. The maximum Gasteiger partial charge on any atom is 0.0413 e. The van der Waals surface area contributed by atoms with Gasteiger partial charge in [-0.15, -0.1) is 0 Å². The summed E-state index contributed by atoms with van der Waals surface area (Å²) in [4.78, 5) is 2.44. The second-order valence-corrected chi connectivity index (χ2v) is 7.14. The lowest BCUT2D eigenvalue weighted by Crippen LogP contribution is -2.32. The highest BCUT2D eigenvalue weighted by Gasteiger charge is 2.24. The molecule has 1 N–H and O–H groups in total. The van der Waals surface area contributed by atoms with Gasteiger partial charge >= 0.3 is 0 Å². The van der Waals surface area contributed by atoms with Gasteiger partial charge in [-0.2, -0.15) is 11.8 Å². The topological polar surface area (TPSA) is 15.3 Å². The molecule has 1 unspecified atom stereocenters. The molecule has 1 atom stereocenters. The summed E-state index contributed by atoms with van der Waals surface area (Å²) in [7, 11) is 2.22. The summed E-state index contributed by atoms with van der Waals surface area (Å²) in [6.07, 6.45) is 3.94. The van der Waals surface area contributed by atoms with E-state index in [1.807, 2.05) is 6.07 Å². The Kier molecular flexibility index (Phi) is 4.25. The summed E-state index contributed by atoms with van der Waals surface area (Å²) in [5.74, 6) is 2.53. The minimum Gasteiger partial charge on any atom is -0.370 e. The molecule has 1 heterocycles. The van der Waals surface area contributed by atoms with E-state index in [0.717, 1.165) is 17.6 Å². The first-order valence-electron chi connectivity index (χ1n) is 7.06. The van der Waals surface area contributed by atoms with Gasteiger partial charge < -0.3 is 10.2 Å². The number of thioether (sulfide) groups is 1. The molecule has 1 aromatic carbocycles. The SMILES string of the molecule is CN(c1ccc(Cl)cc1CNC1CC1)C1CCSC1. The molecular weight excluding hydrogens is 276 g/mol. The van der Waals surface area contributed by atoms with Gasteiger partial charge in [0.1, 0.15) is 0 Å². The Morgan fingerprint density at radius 2 is 2.21 bits per heavy atom. The summed E-state index contributed by atoms with van der Waals surface area (Å²) >= 11 is 8.22. The first-order chi connectivity index (χ1) is 9.24. The van der Waals surface area contributed by atoms with E-state index in [1.54, 1.807) is 0 Å². The summed E-state index contributed by atoms with van der Waals surface area (Å²) < 4.78 is 0. The van der Waals surface area contributed by atoms with Crippen molar-refractivity contribution < 1.29 is 0 Å². The fourth-order valence-electron chi connectivity index (χ4n) is 2.61. The van der Waals surface area contributed by atoms with Crippen LogP contribution in [-0.2, 0) is 6.54 Å². The van der Waals surface area contributed by atoms with Crippen molar-refractivity contribution in [3.05, 3.63) is 28.8 Å². The predicted octanol–water partition coefficient (Wildman–Crippen LogP) is 3.53.